The molecule has 13 heavy (non-hydrogen) atoms. The number of thioether (sulfide) groups is 1. The number of para-hydroxylation sites is 2. The third kappa shape index (κ3) is 1.86. The van der Waals surface area contributed by atoms with E-state index in [4.69, 9.17) is 4.42 Å². The van der Waals surface area contributed by atoms with Crippen molar-refractivity contribution in [2.45, 2.75) is 6.42 Å². The summed E-state index contributed by atoms with van der Waals surface area (Å²) >= 11 is 1.81. The van der Waals surface area contributed by atoms with Crippen molar-refractivity contribution in [1.29, 1.82) is 0 Å². The summed E-state index contributed by atoms with van der Waals surface area (Å²) in [5.41, 5.74) is 1.84. The molecule has 0 bridgehead atoms. The van der Waals surface area contributed by atoms with E-state index in [1.54, 1.807) is 11.8 Å². The van der Waals surface area contributed by atoms with Crippen molar-refractivity contribution in [2.24, 2.45) is 0 Å². The first kappa shape index (κ1) is 8.63. The van der Waals surface area contributed by atoms with Crippen LogP contribution >= 0.6 is 11.8 Å². The van der Waals surface area contributed by atoms with Crippen LogP contribution < -0.4 is 0 Å². The van der Waals surface area contributed by atoms with Crippen molar-refractivity contribution < 1.29 is 4.42 Å². The number of benzene rings is 1. The second kappa shape index (κ2) is 3.83. The standard InChI is InChI=1S/C10H11NOS/c1-13-7-6-10-11-8-4-2-3-5-9(8)12-10/h2-5H,6-7H2,1H3. The van der Waals surface area contributed by atoms with E-state index < -0.39 is 0 Å². The molecule has 2 aromatic rings. The number of oxazole rings is 1. The molecule has 0 aliphatic rings. The molecule has 0 radical (unpaired) electrons. The largest absolute Gasteiger partial charge is 0.441 e. The minimum Gasteiger partial charge on any atom is -0.441 e. The fraction of sp³-hybridized carbons (Fsp3) is 0.300. The molecule has 0 spiro atoms. The lowest BCUT2D eigenvalue weighted by Crippen LogP contribution is -1.86. The topological polar surface area (TPSA) is 26.0 Å². The Balaban J connectivity index is 2.28. The average molecular weight is 193 g/mol. The maximum absolute atomic E-state index is 5.55. The van der Waals surface area contributed by atoms with Gasteiger partial charge in [0.1, 0.15) is 5.52 Å². The highest BCUT2D eigenvalue weighted by molar-refractivity contribution is 7.98. The molecule has 1 heterocycles. The molecule has 2 rings (SSSR count). The van der Waals surface area contributed by atoms with E-state index in [0.29, 0.717) is 0 Å². The van der Waals surface area contributed by atoms with Crippen LogP contribution in [0.2, 0.25) is 0 Å². The van der Waals surface area contributed by atoms with Crippen molar-refractivity contribution in [2.75, 3.05) is 12.0 Å². The molecule has 1 aromatic carbocycles. The Kier molecular flexibility index (Phi) is 2.54. The average Bonchev–Trinajstić information content (AvgIpc) is 2.57. The Hall–Kier alpha value is -0.960. The van der Waals surface area contributed by atoms with E-state index in [1.165, 1.54) is 0 Å². The van der Waals surface area contributed by atoms with Crippen molar-refractivity contribution in [1.82, 2.24) is 4.98 Å². The first-order chi connectivity index (χ1) is 6.40. The van der Waals surface area contributed by atoms with Crippen molar-refractivity contribution >= 4 is 22.9 Å². The zero-order valence-corrected chi connectivity index (χ0v) is 8.30. The molecule has 68 valence electrons. The minimum absolute atomic E-state index is 0.843. The lowest BCUT2D eigenvalue weighted by Gasteiger charge is -1.89. The van der Waals surface area contributed by atoms with Crippen LogP contribution in [0.5, 0.6) is 0 Å². The van der Waals surface area contributed by atoms with Crippen LogP contribution in [-0.2, 0) is 6.42 Å². The maximum atomic E-state index is 5.55. The smallest absolute Gasteiger partial charge is 0.196 e. The van der Waals surface area contributed by atoms with Gasteiger partial charge < -0.3 is 4.42 Å². The molecule has 0 atom stereocenters. The van der Waals surface area contributed by atoms with E-state index in [1.807, 2.05) is 24.3 Å². The first-order valence-corrected chi connectivity index (χ1v) is 5.63. The van der Waals surface area contributed by atoms with E-state index >= 15 is 0 Å². The Morgan fingerprint density at radius 2 is 2.23 bits per heavy atom. The minimum atomic E-state index is 0.843. The molecule has 0 aliphatic heterocycles. The van der Waals surface area contributed by atoms with Crippen molar-refractivity contribution in [3.63, 3.8) is 0 Å². The predicted molar refractivity (Wildman–Crippen MR) is 56.1 cm³/mol. The van der Waals surface area contributed by atoms with Crippen molar-refractivity contribution in [3.05, 3.63) is 30.2 Å². The summed E-state index contributed by atoms with van der Waals surface area (Å²) in [6.07, 6.45) is 3.00. The summed E-state index contributed by atoms with van der Waals surface area (Å²) in [5.74, 6) is 1.91. The van der Waals surface area contributed by atoms with Crippen LogP contribution in [0, 0.1) is 0 Å². The molecule has 0 unspecified atom stereocenters. The number of aryl methyl sites for hydroxylation is 1. The Bertz CT molecular complexity index is 363. The summed E-state index contributed by atoms with van der Waals surface area (Å²) in [4.78, 5) is 4.37. The monoisotopic (exact) mass is 193 g/mol. The van der Waals surface area contributed by atoms with Gasteiger partial charge in [-0.2, -0.15) is 11.8 Å². The zero-order chi connectivity index (χ0) is 9.10. The molecule has 2 nitrogen and oxygen atoms in total. The molecule has 0 saturated heterocycles. The van der Waals surface area contributed by atoms with Gasteiger partial charge in [0, 0.05) is 12.2 Å². The summed E-state index contributed by atoms with van der Waals surface area (Å²) in [5, 5.41) is 0. The van der Waals surface area contributed by atoms with Gasteiger partial charge in [0.05, 0.1) is 0 Å². The summed E-state index contributed by atoms with van der Waals surface area (Å²) in [7, 11) is 0. The number of fused-ring (bicyclic) bond motifs is 1. The Morgan fingerprint density at radius 3 is 3.00 bits per heavy atom. The zero-order valence-electron chi connectivity index (χ0n) is 7.49. The lowest BCUT2D eigenvalue weighted by molar-refractivity contribution is 0.539. The quantitative estimate of drug-likeness (QED) is 0.749. The highest BCUT2D eigenvalue weighted by atomic mass is 32.2. The van der Waals surface area contributed by atoms with Crippen LogP contribution in [0.25, 0.3) is 11.1 Å². The van der Waals surface area contributed by atoms with E-state index in [9.17, 15) is 0 Å². The second-order valence-electron chi connectivity index (χ2n) is 2.82. The SMILES string of the molecule is CSCCc1nc2ccccc2o1. The third-order valence-electron chi connectivity index (χ3n) is 1.86. The third-order valence-corrected chi connectivity index (χ3v) is 2.47. The molecular formula is C10H11NOS. The van der Waals surface area contributed by atoms with E-state index in [-0.39, 0.29) is 0 Å². The second-order valence-corrected chi connectivity index (χ2v) is 3.80. The Morgan fingerprint density at radius 1 is 1.38 bits per heavy atom. The fourth-order valence-electron chi connectivity index (χ4n) is 1.22. The van der Waals surface area contributed by atoms with Gasteiger partial charge >= 0.3 is 0 Å². The molecule has 0 fully saturated rings. The maximum Gasteiger partial charge on any atom is 0.196 e. The van der Waals surface area contributed by atoms with Crippen LogP contribution in [0.1, 0.15) is 5.89 Å². The fourth-order valence-corrected chi connectivity index (χ4v) is 1.59. The highest BCUT2D eigenvalue weighted by Gasteiger charge is 2.03. The van der Waals surface area contributed by atoms with Gasteiger partial charge in [-0.3, -0.25) is 0 Å². The van der Waals surface area contributed by atoms with Crippen LogP contribution in [-0.4, -0.2) is 17.0 Å². The van der Waals surface area contributed by atoms with Gasteiger partial charge in [-0.1, -0.05) is 12.1 Å². The van der Waals surface area contributed by atoms with E-state index in [2.05, 4.69) is 11.2 Å². The van der Waals surface area contributed by atoms with Gasteiger partial charge in [-0.15, -0.1) is 0 Å². The van der Waals surface area contributed by atoms with Gasteiger partial charge in [0.15, 0.2) is 11.5 Å². The number of nitrogens with zero attached hydrogens (tertiary/aromatic N) is 1. The van der Waals surface area contributed by atoms with Gasteiger partial charge in [0.2, 0.25) is 0 Å². The van der Waals surface area contributed by atoms with Gasteiger partial charge in [-0.05, 0) is 18.4 Å². The summed E-state index contributed by atoms with van der Waals surface area (Å²) in [6, 6.07) is 7.86. The molecule has 0 saturated carbocycles. The number of hydrogen-bond donors (Lipinski definition) is 0. The van der Waals surface area contributed by atoms with Gasteiger partial charge in [-0.25, -0.2) is 4.98 Å². The molecular weight excluding hydrogens is 182 g/mol. The van der Waals surface area contributed by atoms with Crippen molar-refractivity contribution in [3.8, 4) is 0 Å². The van der Waals surface area contributed by atoms with E-state index in [0.717, 1.165) is 29.2 Å². The summed E-state index contributed by atoms with van der Waals surface area (Å²) in [6.45, 7) is 0. The number of hydrogen-bond acceptors (Lipinski definition) is 3. The van der Waals surface area contributed by atoms with Crippen LogP contribution in [0.4, 0.5) is 0 Å². The normalized spacial score (nSPS) is 10.8. The lowest BCUT2D eigenvalue weighted by atomic mass is 10.3. The number of rotatable bonds is 3. The molecule has 0 N–H and O–H groups in total. The van der Waals surface area contributed by atoms with Crippen LogP contribution in [0.15, 0.2) is 28.7 Å². The number of aromatic nitrogens is 1. The molecule has 3 heteroatoms. The summed E-state index contributed by atoms with van der Waals surface area (Å²) < 4.78 is 5.55. The predicted octanol–water partition coefficient (Wildman–Crippen LogP) is 2.73. The first-order valence-electron chi connectivity index (χ1n) is 4.23. The van der Waals surface area contributed by atoms with Gasteiger partial charge in [0.25, 0.3) is 0 Å². The molecule has 1 aromatic heterocycles. The molecule has 0 amide bonds. The molecule has 0 aliphatic carbocycles. The highest BCUT2D eigenvalue weighted by Crippen LogP contribution is 2.15. The Labute approximate surface area is 81.3 Å². The van der Waals surface area contributed by atoms with Crippen LogP contribution in [0.3, 0.4) is 0 Å².